The number of nitriles is 1. The molecule has 3 rings (SSSR count). The lowest BCUT2D eigenvalue weighted by Crippen LogP contribution is -2.51. The minimum Gasteiger partial charge on any atom is -0.495 e. The van der Waals surface area contributed by atoms with Crippen LogP contribution >= 0.6 is 11.6 Å². The van der Waals surface area contributed by atoms with Crippen LogP contribution in [-0.2, 0) is 11.2 Å². The Bertz CT molecular complexity index is 962. The van der Waals surface area contributed by atoms with Gasteiger partial charge in [-0.15, -0.1) is 0 Å². The van der Waals surface area contributed by atoms with Crippen LogP contribution in [0.4, 0.5) is 16.3 Å². The van der Waals surface area contributed by atoms with Crippen LogP contribution in [0, 0.1) is 11.3 Å². The molecule has 32 heavy (non-hydrogen) atoms. The summed E-state index contributed by atoms with van der Waals surface area (Å²) >= 11 is 6.39. The van der Waals surface area contributed by atoms with Crippen molar-refractivity contribution < 1.29 is 19.4 Å². The molecule has 1 aliphatic heterocycles. The summed E-state index contributed by atoms with van der Waals surface area (Å²) in [6.07, 6.45) is 1.96. The molecule has 1 aliphatic rings. The van der Waals surface area contributed by atoms with E-state index >= 15 is 0 Å². The van der Waals surface area contributed by atoms with Crippen LogP contribution in [0.25, 0.3) is 0 Å². The molecule has 11 nitrogen and oxygen atoms in total. The quantitative estimate of drug-likeness (QED) is 0.363. The molecule has 170 valence electrons. The number of rotatable bonds is 8. The van der Waals surface area contributed by atoms with E-state index in [2.05, 4.69) is 31.2 Å². The lowest BCUT2D eigenvalue weighted by atomic mass is 10.1. The number of nitrogens with one attached hydrogen (secondary N) is 4. The van der Waals surface area contributed by atoms with Crippen molar-refractivity contribution in [2.45, 2.75) is 18.8 Å². The first-order valence-corrected chi connectivity index (χ1v) is 10.3. The number of carbonyl (C=O) groups excluding carboxylic acids is 1. The molecule has 0 aliphatic carbocycles. The van der Waals surface area contributed by atoms with Crippen LogP contribution in [0.1, 0.15) is 11.3 Å². The minimum absolute atomic E-state index is 0.143. The van der Waals surface area contributed by atoms with Crippen molar-refractivity contribution in [3.63, 3.8) is 0 Å². The molecule has 1 saturated heterocycles. The average Bonchev–Trinajstić information content (AvgIpc) is 2.81. The molecule has 2 aromatic rings. The van der Waals surface area contributed by atoms with Crippen LogP contribution in [0.15, 0.2) is 24.5 Å². The number of ether oxygens (including phenoxy) is 2. The van der Waals surface area contributed by atoms with Gasteiger partial charge < -0.3 is 25.2 Å². The average molecular weight is 462 g/mol. The minimum atomic E-state index is -0.793. The number of aromatic nitrogens is 2. The Kier molecular flexibility index (Phi) is 8.55. The Hall–Kier alpha value is -3.01. The fourth-order valence-electron chi connectivity index (χ4n) is 3.05. The molecule has 0 saturated carbocycles. The summed E-state index contributed by atoms with van der Waals surface area (Å²) in [5, 5.41) is 30.8. The van der Waals surface area contributed by atoms with Gasteiger partial charge in [0.2, 0.25) is 0 Å². The highest BCUT2D eigenvalue weighted by Gasteiger charge is 2.22. The molecule has 0 bridgehead atoms. The van der Waals surface area contributed by atoms with Crippen LogP contribution in [0.5, 0.6) is 5.75 Å². The Morgan fingerprint density at radius 2 is 2.28 bits per heavy atom. The first kappa shape index (κ1) is 23.6. The fraction of sp³-hybridized carbons (Fsp3) is 0.400. The van der Waals surface area contributed by atoms with Gasteiger partial charge in [0.1, 0.15) is 24.2 Å². The molecule has 1 aromatic heterocycles. The summed E-state index contributed by atoms with van der Waals surface area (Å²) in [5.41, 5.74) is 1.30. The number of anilines is 2. The summed E-state index contributed by atoms with van der Waals surface area (Å²) in [7, 11) is 1.48. The third-order valence-electron chi connectivity index (χ3n) is 4.68. The predicted octanol–water partition coefficient (Wildman–Crippen LogP) is 1.09. The van der Waals surface area contributed by atoms with Crippen molar-refractivity contribution in [1.29, 1.82) is 5.26 Å². The van der Waals surface area contributed by atoms with Gasteiger partial charge >= 0.3 is 6.03 Å². The van der Waals surface area contributed by atoms with Crippen molar-refractivity contribution in [2.75, 3.05) is 44.0 Å². The van der Waals surface area contributed by atoms with Gasteiger partial charge in [0, 0.05) is 24.7 Å². The number of carbonyl (C=O) groups is 1. The maximum Gasteiger partial charge on any atom is 0.325 e. The van der Waals surface area contributed by atoms with E-state index in [-0.39, 0.29) is 17.6 Å². The zero-order valence-corrected chi connectivity index (χ0v) is 18.1. The maximum absolute atomic E-state index is 12.3. The summed E-state index contributed by atoms with van der Waals surface area (Å²) < 4.78 is 10.9. The van der Waals surface area contributed by atoms with Crippen molar-refractivity contribution in [3.8, 4) is 11.8 Å². The number of methoxy groups -OCH3 is 1. The monoisotopic (exact) mass is 461 g/mol. The van der Waals surface area contributed by atoms with E-state index in [0.717, 1.165) is 12.1 Å². The standard InChI is InChI=1S/C20H24ClN7O4/c1-31-16-6-12(2-3-24-19(29)17-10-23-4-5-32-17)14(21)7-15(16)27-20(30)28-18-11-25-13(8-22)9-26-18/h6-7,9,11,17,19,23-24,29H,2-5,10H2,1H3,(H2,26,27,28,30). The maximum atomic E-state index is 12.3. The van der Waals surface area contributed by atoms with E-state index in [1.807, 2.05) is 6.07 Å². The molecule has 5 N–H and O–H groups in total. The van der Waals surface area contributed by atoms with Gasteiger partial charge in [-0.1, -0.05) is 11.6 Å². The van der Waals surface area contributed by atoms with Gasteiger partial charge in [0.15, 0.2) is 11.5 Å². The number of benzene rings is 1. The third-order valence-corrected chi connectivity index (χ3v) is 5.03. The molecule has 2 atom stereocenters. The van der Waals surface area contributed by atoms with E-state index in [4.69, 9.17) is 26.3 Å². The topological polar surface area (TPSA) is 153 Å². The van der Waals surface area contributed by atoms with Gasteiger partial charge in [-0.3, -0.25) is 10.6 Å². The number of aliphatic hydroxyl groups is 1. The number of halogens is 1. The highest BCUT2D eigenvalue weighted by molar-refractivity contribution is 6.31. The molecule has 1 aromatic carbocycles. The van der Waals surface area contributed by atoms with Gasteiger partial charge in [0.05, 0.1) is 31.8 Å². The molecule has 0 spiro atoms. The van der Waals surface area contributed by atoms with Crippen molar-refractivity contribution in [3.05, 3.63) is 40.8 Å². The van der Waals surface area contributed by atoms with Crippen molar-refractivity contribution in [1.82, 2.24) is 20.6 Å². The Balaban J connectivity index is 1.57. The van der Waals surface area contributed by atoms with Crippen molar-refractivity contribution in [2.24, 2.45) is 0 Å². The van der Waals surface area contributed by atoms with Gasteiger partial charge in [-0.25, -0.2) is 14.8 Å². The summed E-state index contributed by atoms with van der Waals surface area (Å²) in [6.45, 7) is 2.39. The van der Waals surface area contributed by atoms with Gasteiger partial charge in [-0.05, 0) is 24.1 Å². The second kappa shape index (κ2) is 11.6. The van der Waals surface area contributed by atoms with Crippen LogP contribution in [0.3, 0.4) is 0 Å². The van der Waals surface area contributed by atoms with E-state index in [0.29, 0.717) is 42.6 Å². The van der Waals surface area contributed by atoms with E-state index in [1.165, 1.54) is 19.5 Å². The zero-order chi connectivity index (χ0) is 22.9. The molecule has 1 fully saturated rings. The Morgan fingerprint density at radius 1 is 1.44 bits per heavy atom. The number of morpholine rings is 1. The summed E-state index contributed by atoms with van der Waals surface area (Å²) in [5.74, 6) is 0.607. The highest BCUT2D eigenvalue weighted by Crippen LogP contribution is 2.31. The normalized spacial score (nSPS) is 16.6. The Morgan fingerprint density at radius 3 is 2.94 bits per heavy atom. The molecule has 2 amide bonds. The fourth-order valence-corrected chi connectivity index (χ4v) is 3.31. The number of nitrogens with zero attached hydrogens (tertiary/aromatic N) is 3. The van der Waals surface area contributed by atoms with Crippen molar-refractivity contribution >= 4 is 29.1 Å². The number of aliphatic hydroxyl groups excluding tert-OH is 1. The molecule has 0 radical (unpaired) electrons. The first-order chi connectivity index (χ1) is 15.5. The molecule has 2 heterocycles. The summed E-state index contributed by atoms with van der Waals surface area (Å²) in [6, 6.07) is 4.59. The predicted molar refractivity (Wildman–Crippen MR) is 118 cm³/mol. The molecular formula is C20H24ClN7O4. The second-order valence-electron chi connectivity index (χ2n) is 6.88. The lowest BCUT2D eigenvalue weighted by molar-refractivity contribution is -0.0646. The van der Waals surface area contributed by atoms with Crippen LogP contribution < -0.4 is 26.0 Å². The van der Waals surface area contributed by atoms with Crippen LogP contribution in [-0.4, -0.2) is 66.8 Å². The largest absolute Gasteiger partial charge is 0.495 e. The van der Waals surface area contributed by atoms with E-state index < -0.39 is 12.3 Å². The van der Waals surface area contributed by atoms with Crippen LogP contribution in [0.2, 0.25) is 5.02 Å². The molecular weight excluding hydrogens is 438 g/mol. The third kappa shape index (κ3) is 6.49. The number of hydrogen-bond donors (Lipinski definition) is 5. The summed E-state index contributed by atoms with van der Waals surface area (Å²) in [4.78, 5) is 20.1. The number of hydrogen-bond acceptors (Lipinski definition) is 9. The zero-order valence-electron chi connectivity index (χ0n) is 17.4. The van der Waals surface area contributed by atoms with Gasteiger partial charge in [-0.2, -0.15) is 5.26 Å². The molecule has 2 unspecified atom stereocenters. The van der Waals surface area contributed by atoms with Gasteiger partial charge in [0.25, 0.3) is 0 Å². The van der Waals surface area contributed by atoms with E-state index in [1.54, 1.807) is 12.1 Å². The first-order valence-electron chi connectivity index (χ1n) is 9.90. The number of urea groups is 1. The lowest BCUT2D eigenvalue weighted by Gasteiger charge is -2.28. The van der Waals surface area contributed by atoms with E-state index in [9.17, 15) is 9.90 Å². The number of amides is 2. The Labute approximate surface area is 190 Å². The second-order valence-corrected chi connectivity index (χ2v) is 7.29. The smallest absolute Gasteiger partial charge is 0.325 e. The molecule has 12 heteroatoms. The SMILES string of the molecule is COc1cc(CCNC(O)C2CNCCO2)c(Cl)cc1NC(=O)Nc1cnc(C#N)cn1. The highest BCUT2D eigenvalue weighted by atomic mass is 35.5.